The first kappa shape index (κ1) is 12.7. The highest BCUT2D eigenvalue weighted by Gasteiger charge is 2.10. The van der Waals surface area contributed by atoms with Crippen molar-refractivity contribution in [1.82, 2.24) is 0 Å². The number of hydrogen-bond donors (Lipinski definition) is 1. The van der Waals surface area contributed by atoms with E-state index in [0.29, 0.717) is 11.5 Å². The van der Waals surface area contributed by atoms with Crippen LogP contribution in [-0.2, 0) is 4.74 Å². The number of ether oxygens (including phenoxy) is 1. The molecular weight excluding hydrogens is 202 g/mol. The molecule has 0 aliphatic heterocycles. The molecule has 88 valence electrons. The van der Waals surface area contributed by atoms with Crippen molar-refractivity contribution >= 4 is 5.97 Å². The first-order valence-corrected chi connectivity index (χ1v) is 5.57. The van der Waals surface area contributed by atoms with Gasteiger partial charge < -0.3 is 10.5 Å². The van der Waals surface area contributed by atoms with Gasteiger partial charge in [0.1, 0.15) is 6.61 Å². The van der Waals surface area contributed by atoms with Crippen LogP contribution in [0.2, 0.25) is 0 Å². The van der Waals surface area contributed by atoms with Gasteiger partial charge in [-0.25, -0.2) is 4.79 Å². The third-order valence-electron chi connectivity index (χ3n) is 2.21. The zero-order valence-corrected chi connectivity index (χ0v) is 9.85. The van der Waals surface area contributed by atoms with Crippen LogP contribution in [0, 0.1) is 5.92 Å². The fraction of sp³-hybridized carbons (Fsp3) is 0.462. The molecule has 0 radical (unpaired) electrons. The van der Waals surface area contributed by atoms with E-state index in [-0.39, 0.29) is 18.6 Å². The number of rotatable bonds is 5. The topological polar surface area (TPSA) is 52.3 Å². The molecule has 2 N–H and O–H groups in total. The molecular formula is C13H19NO2. The van der Waals surface area contributed by atoms with E-state index >= 15 is 0 Å². The molecule has 3 heteroatoms. The van der Waals surface area contributed by atoms with Crippen LogP contribution in [0.4, 0.5) is 0 Å². The minimum atomic E-state index is -0.306. The Labute approximate surface area is 96.6 Å². The second-order valence-corrected chi connectivity index (χ2v) is 4.35. The van der Waals surface area contributed by atoms with Gasteiger partial charge in [0.2, 0.25) is 0 Å². The minimum Gasteiger partial charge on any atom is -0.460 e. The van der Waals surface area contributed by atoms with Crippen LogP contribution in [0.1, 0.15) is 30.6 Å². The first-order valence-electron chi connectivity index (χ1n) is 5.57. The summed E-state index contributed by atoms with van der Waals surface area (Å²) >= 11 is 0. The lowest BCUT2D eigenvalue weighted by molar-refractivity contribution is 0.0473. The van der Waals surface area contributed by atoms with Crippen molar-refractivity contribution < 1.29 is 9.53 Å². The number of benzene rings is 1. The Morgan fingerprint density at radius 1 is 1.31 bits per heavy atom. The van der Waals surface area contributed by atoms with Crippen LogP contribution in [0.15, 0.2) is 30.3 Å². The van der Waals surface area contributed by atoms with Crippen molar-refractivity contribution in [3.63, 3.8) is 0 Å². The number of esters is 1. The predicted octanol–water partition coefficient (Wildman–Crippen LogP) is 2.22. The van der Waals surface area contributed by atoms with E-state index in [0.717, 1.165) is 6.42 Å². The zero-order chi connectivity index (χ0) is 12.0. The summed E-state index contributed by atoms with van der Waals surface area (Å²) in [7, 11) is 0. The number of carbonyl (C=O) groups is 1. The first-order chi connectivity index (χ1) is 7.59. The Bertz CT molecular complexity index is 322. The SMILES string of the molecule is CC(C)CC(N)COC(=O)c1ccccc1. The average Bonchev–Trinajstić information content (AvgIpc) is 2.26. The second kappa shape index (κ2) is 6.28. The molecule has 0 aliphatic rings. The van der Waals surface area contributed by atoms with Gasteiger partial charge in [0.05, 0.1) is 5.56 Å². The molecule has 1 atom stereocenters. The van der Waals surface area contributed by atoms with Gasteiger partial charge in [-0.05, 0) is 24.5 Å². The maximum absolute atomic E-state index is 11.6. The summed E-state index contributed by atoms with van der Waals surface area (Å²) in [6, 6.07) is 8.87. The van der Waals surface area contributed by atoms with Crippen LogP contribution in [-0.4, -0.2) is 18.6 Å². The van der Waals surface area contributed by atoms with Gasteiger partial charge in [-0.15, -0.1) is 0 Å². The summed E-state index contributed by atoms with van der Waals surface area (Å²) < 4.78 is 5.13. The summed E-state index contributed by atoms with van der Waals surface area (Å²) in [5.41, 5.74) is 6.39. The Morgan fingerprint density at radius 3 is 2.50 bits per heavy atom. The highest BCUT2D eigenvalue weighted by molar-refractivity contribution is 5.89. The lowest BCUT2D eigenvalue weighted by Crippen LogP contribution is -2.29. The van der Waals surface area contributed by atoms with E-state index in [1.165, 1.54) is 0 Å². The largest absolute Gasteiger partial charge is 0.460 e. The van der Waals surface area contributed by atoms with Crippen molar-refractivity contribution in [3.8, 4) is 0 Å². The zero-order valence-electron chi connectivity index (χ0n) is 9.85. The van der Waals surface area contributed by atoms with Crippen LogP contribution in [0.25, 0.3) is 0 Å². The smallest absolute Gasteiger partial charge is 0.338 e. The summed E-state index contributed by atoms with van der Waals surface area (Å²) in [5, 5.41) is 0. The molecule has 0 heterocycles. The Hall–Kier alpha value is -1.35. The molecule has 0 spiro atoms. The van der Waals surface area contributed by atoms with Crippen LogP contribution in [0.3, 0.4) is 0 Å². The molecule has 1 unspecified atom stereocenters. The molecule has 3 nitrogen and oxygen atoms in total. The van der Waals surface area contributed by atoms with Crippen molar-refractivity contribution in [2.75, 3.05) is 6.61 Å². The highest BCUT2D eigenvalue weighted by Crippen LogP contribution is 2.05. The van der Waals surface area contributed by atoms with Gasteiger partial charge in [0.25, 0.3) is 0 Å². The number of hydrogen-bond acceptors (Lipinski definition) is 3. The summed E-state index contributed by atoms with van der Waals surface area (Å²) in [6.45, 7) is 4.48. The Balaban J connectivity index is 2.36. The van der Waals surface area contributed by atoms with E-state index in [4.69, 9.17) is 10.5 Å². The predicted molar refractivity (Wildman–Crippen MR) is 64.2 cm³/mol. The minimum absolute atomic E-state index is 0.0762. The Morgan fingerprint density at radius 2 is 1.94 bits per heavy atom. The van der Waals surface area contributed by atoms with Gasteiger partial charge in [0, 0.05) is 6.04 Å². The Kier molecular flexibility index (Phi) is 4.99. The molecule has 0 saturated carbocycles. The van der Waals surface area contributed by atoms with Gasteiger partial charge in [-0.2, -0.15) is 0 Å². The quantitative estimate of drug-likeness (QED) is 0.776. The molecule has 0 aromatic heterocycles. The van der Waals surface area contributed by atoms with Gasteiger partial charge in [0.15, 0.2) is 0 Å². The summed E-state index contributed by atoms with van der Waals surface area (Å²) in [4.78, 5) is 11.6. The maximum atomic E-state index is 11.6. The third kappa shape index (κ3) is 4.45. The molecule has 0 fully saturated rings. The van der Waals surface area contributed by atoms with Gasteiger partial charge in [-0.1, -0.05) is 32.0 Å². The van der Waals surface area contributed by atoms with Crippen LogP contribution in [0.5, 0.6) is 0 Å². The van der Waals surface area contributed by atoms with E-state index in [9.17, 15) is 4.79 Å². The molecule has 1 aromatic rings. The molecule has 0 amide bonds. The van der Waals surface area contributed by atoms with Crippen molar-refractivity contribution in [2.24, 2.45) is 11.7 Å². The standard InChI is InChI=1S/C13H19NO2/c1-10(2)8-12(14)9-16-13(15)11-6-4-3-5-7-11/h3-7,10,12H,8-9,14H2,1-2H3. The molecule has 1 aromatic carbocycles. The number of carbonyl (C=O) groups excluding carboxylic acids is 1. The van der Waals surface area contributed by atoms with E-state index in [1.807, 2.05) is 18.2 Å². The van der Waals surface area contributed by atoms with Crippen molar-refractivity contribution in [1.29, 1.82) is 0 Å². The lowest BCUT2D eigenvalue weighted by atomic mass is 10.1. The molecule has 16 heavy (non-hydrogen) atoms. The maximum Gasteiger partial charge on any atom is 0.338 e. The highest BCUT2D eigenvalue weighted by atomic mass is 16.5. The average molecular weight is 221 g/mol. The second-order valence-electron chi connectivity index (χ2n) is 4.35. The van der Waals surface area contributed by atoms with Crippen molar-refractivity contribution in [2.45, 2.75) is 26.3 Å². The molecule has 0 aliphatic carbocycles. The summed E-state index contributed by atoms with van der Waals surface area (Å²) in [6.07, 6.45) is 0.863. The van der Waals surface area contributed by atoms with Gasteiger partial charge >= 0.3 is 5.97 Å². The molecule has 0 saturated heterocycles. The fourth-order valence-corrected chi connectivity index (χ4v) is 1.51. The van der Waals surface area contributed by atoms with E-state index < -0.39 is 0 Å². The van der Waals surface area contributed by atoms with E-state index in [2.05, 4.69) is 13.8 Å². The lowest BCUT2D eigenvalue weighted by Gasteiger charge is -2.14. The fourth-order valence-electron chi connectivity index (χ4n) is 1.51. The summed E-state index contributed by atoms with van der Waals surface area (Å²) in [5.74, 6) is 0.213. The normalized spacial score (nSPS) is 12.5. The molecule has 1 rings (SSSR count). The van der Waals surface area contributed by atoms with Crippen LogP contribution < -0.4 is 5.73 Å². The number of nitrogens with two attached hydrogens (primary N) is 1. The molecule has 0 bridgehead atoms. The van der Waals surface area contributed by atoms with Crippen LogP contribution >= 0.6 is 0 Å². The van der Waals surface area contributed by atoms with Gasteiger partial charge in [-0.3, -0.25) is 0 Å². The third-order valence-corrected chi connectivity index (χ3v) is 2.21. The van der Waals surface area contributed by atoms with Crippen molar-refractivity contribution in [3.05, 3.63) is 35.9 Å². The monoisotopic (exact) mass is 221 g/mol. The van der Waals surface area contributed by atoms with E-state index in [1.54, 1.807) is 12.1 Å².